The second kappa shape index (κ2) is 7.74. The number of hydrogen-bond acceptors (Lipinski definition) is 3. The van der Waals surface area contributed by atoms with Crippen LogP contribution in [0.5, 0.6) is 0 Å². The monoisotopic (exact) mass is 335 g/mol. The third-order valence-electron chi connectivity index (χ3n) is 6.82. The van der Waals surface area contributed by atoms with Gasteiger partial charge < -0.3 is 15.5 Å². The minimum atomic E-state index is -0.302. The molecule has 4 heteroatoms. The largest absolute Gasteiger partial charge is 0.342 e. The van der Waals surface area contributed by atoms with E-state index in [0.717, 1.165) is 44.8 Å². The molecular formula is C20H37N3O. The van der Waals surface area contributed by atoms with Gasteiger partial charge in [0.15, 0.2) is 0 Å². The third kappa shape index (κ3) is 4.13. The molecule has 24 heavy (non-hydrogen) atoms. The van der Waals surface area contributed by atoms with E-state index in [0.29, 0.717) is 11.8 Å². The first-order valence-corrected chi connectivity index (χ1v) is 10.3. The highest BCUT2D eigenvalue weighted by atomic mass is 16.2. The van der Waals surface area contributed by atoms with Gasteiger partial charge in [0.1, 0.15) is 0 Å². The van der Waals surface area contributed by atoms with Gasteiger partial charge in [0, 0.05) is 31.2 Å². The molecule has 2 saturated heterocycles. The van der Waals surface area contributed by atoms with E-state index in [1.54, 1.807) is 0 Å². The lowest BCUT2D eigenvalue weighted by molar-refractivity contribution is -0.141. The molecule has 1 amide bonds. The van der Waals surface area contributed by atoms with E-state index < -0.39 is 0 Å². The summed E-state index contributed by atoms with van der Waals surface area (Å²) in [4.78, 5) is 17.9. The number of rotatable bonds is 3. The zero-order chi connectivity index (χ0) is 17.2. The molecule has 0 spiro atoms. The molecular weight excluding hydrogens is 298 g/mol. The van der Waals surface area contributed by atoms with E-state index in [2.05, 4.69) is 23.6 Å². The van der Waals surface area contributed by atoms with Crippen LogP contribution < -0.4 is 5.73 Å². The Labute approximate surface area is 148 Å². The van der Waals surface area contributed by atoms with Gasteiger partial charge in [-0.2, -0.15) is 0 Å². The molecule has 3 fully saturated rings. The van der Waals surface area contributed by atoms with Crippen LogP contribution in [0.15, 0.2) is 0 Å². The average molecular weight is 336 g/mol. The third-order valence-corrected chi connectivity index (χ3v) is 6.82. The molecule has 0 aromatic rings. The summed E-state index contributed by atoms with van der Waals surface area (Å²) in [6.07, 6.45) is 10.8. The Morgan fingerprint density at radius 1 is 1.08 bits per heavy atom. The van der Waals surface area contributed by atoms with Gasteiger partial charge in [0.25, 0.3) is 0 Å². The Morgan fingerprint density at radius 2 is 1.88 bits per heavy atom. The molecule has 0 radical (unpaired) electrons. The summed E-state index contributed by atoms with van der Waals surface area (Å²) < 4.78 is 0. The first-order chi connectivity index (χ1) is 11.5. The maximum absolute atomic E-state index is 13.1. The van der Waals surface area contributed by atoms with Crippen molar-refractivity contribution in [3.05, 3.63) is 0 Å². The van der Waals surface area contributed by atoms with Gasteiger partial charge in [-0.15, -0.1) is 0 Å². The Kier molecular flexibility index (Phi) is 5.86. The fraction of sp³-hybridized carbons (Fsp3) is 0.950. The van der Waals surface area contributed by atoms with Crippen LogP contribution in [0.2, 0.25) is 0 Å². The molecule has 3 aliphatic rings. The maximum Gasteiger partial charge on any atom is 0.227 e. The Bertz CT molecular complexity index is 437. The summed E-state index contributed by atoms with van der Waals surface area (Å²) >= 11 is 0. The number of carbonyl (C=O) groups excluding carboxylic acids is 1. The van der Waals surface area contributed by atoms with Crippen molar-refractivity contribution >= 4 is 5.91 Å². The second-order valence-electron chi connectivity index (χ2n) is 8.94. The van der Waals surface area contributed by atoms with Gasteiger partial charge in [-0.25, -0.2) is 0 Å². The first kappa shape index (κ1) is 18.2. The number of likely N-dealkylation sites (tertiary alicyclic amines) is 2. The highest BCUT2D eigenvalue weighted by molar-refractivity contribution is 5.80. The number of piperidine rings is 2. The predicted molar refractivity (Wildman–Crippen MR) is 98.7 cm³/mol. The van der Waals surface area contributed by atoms with Gasteiger partial charge in [-0.3, -0.25) is 4.79 Å². The molecule has 3 rings (SSSR count). The molecule has 1 saturated carbocycles. The Morgan fingerprint density at radius 3 is 2.62 bits per heavy atom. The highest BCUT2D eigenvalue weighted by Crippen LogP contribution is 2.34. The van der Waals surface area contributed by atoms with E-state index in [1.807, 2.05) is 0 Å². The van der Waals surface area contributed by atoms with Crippen LogP contribution >= 0.6 is 0 Å². The SMILES string of the molecule is CC1CCCCN1CC1CCCN(C(=O)C2CCCCC2(C)N)C1. The van der Waals surface area contributed by atoms with Crippen molar-refractivity contribution in [3.63, 3.8) is 0 Å². The molecule has 138 valence electrons. The molecule has 4 nitrogen and oxygen atoms in total. The molecule has 4 unspecified atom stereocenters. The summed E-state index contributed by atoms with van der Waals surface area (Å²) in [6, 6.07) is 0.718. The highest BCUT2D eigenvalue weighted by Gasteiger charge is 2.40. The molecule has 2 aliphatic heterocycles. The summed E-state index contributed by atoms with van der Waals surface area (Å²) in [6.45, 7) is 8.77. The molecule has 4 atom stereocenters. The van der Waals surface area contributed by atoms with Gasteiger partial charge in [-0.1, -0.05) is 19.3 Å². The van der Waals surface area contributed by atoms with Crippen molar-refractivity contribution in [2.45, 2.75) is 83.2 Å². The number of nitrogens with zero attached hydrogens (tertiary/aromatic N) is 2. The van der Waals surface area contributed by atoms with E-state index in [4.69, 9.17) is 5.73 Å². The quantitative estimate of drug-likeness (QED) is 0.862. The Hall–Kier alpha value is -0.610. The van der Waals surface area contributed by atoms with Gasteiger partial charge in [-0.05, 0) is 64.8 Å². The number of carbonyl (C=O) groups is 1. The standard InChI is InChI=1S/C20H37N3O/c1-16-8-4-6-12-22(16)14-17-9-7-13-23(15-17)19(24)18-10-3-5-11-20(18,2)21/h16-18H,3-15,21H2,1-2H3. The van der Waals surface area contributed by atoms with Gasteiger partial charge in [0.05, 0.1) is 5.92 Å². The first-order valence-electron chi connectivity index (χ1n) is 10.3. The normalized spacial score (nSPS) is 39.0. The second-order valence-corrected chi connectivity index (χ2v) is 8.94. The van der Waals surface area contributed by atoms with E-state index in [1.165, 1.54) is 45.2 Å². The zero-order valence-electron chi connectivity index (χ0n) is 15.8. The van der Waals surface area contributed by atoms with E-state index in [9.17, 15) is 4.79 Å². The van der Waals surface area contributed by atoms with Crippen molar-refractivity contribution in [3.8, 4) is 0 Å². The van der Waals surface area contributed by atoms with Crippen molar-refractivity contribution in [1.82, 2.24) is 9.80 Å². The summed E-state index contributed by atoms with van der Waals surface area (Å²) in [5.41, 5.74) is 6.17. The summed E-state index contributed by atoms with van der Waals surface area (Å²) in [5.74, 6) is 1.03. The minimum absolute atomic E-state index is 0.0407. The van der Waals surface area contributed by atoms with Gasteiger partial charge in [0.2, 0.25) is 5.91 Å². The molecule has 0 bridgehead atoms. The summed E-state index contributed by atoms with van der Waals surface area (Å²) in [7, 11) is 0. The molecule has 2 N–H and O–H groups in total. The number of nitrogens with two attached hydrogens (primary N) is 1. The smallest absolute Gasteiger partial charge is 0.227 e. The van der Waals surface area contributed by atoms with Crippen LogP contribution in [-0.2, 0) is 4.79 Å². The van der Waals surface area contributed by atoms with Crippen molar-refractivity contribution in [2.75, 3.05) is 26.2 Å². The lowest BCUT2D eigenvalue weighted by atomic mass is 9.73. The van der Waals surface area contributed by atoms with Crippen LogP contribution in [-0.4, -0.2) is 53.5 Å². The van der Waals surface area contributed by atoms with Crippen molar-refractivity contribution in [1.29, 1.82) is 0 Å². The van der Waals surface area contributed by atoms with Crippen LogP contribution in [0, 0.1) is 11.8 Å². The fourth-order valence-electron chi connectivity index (χ4n) is 5.16. The number of amides is 1. The van der Waals surface area contributed by atoms with Crippen LogP contribution in [0.25, 0.3) is 0 Å². The van der Waals surface area contributed by atoms with E-state index in [-0.39, 0.29) is 11.5 Å². The lowest BCUT2D eigenvalue weighted by Gasteiger charge is -2.43. The minimum Gasteiger partial charge on any atom is -0.342 e. The van der Waals surface area contributed by atoms with E-state index >= 15 is 0 Å². The van der Waals surface area contributed by atoms with Gasteiger partial charge >= 0.3 is 0 Å². The van der Waals surface area contributed by atoms with Crippen LogP contribution in [0.4, 0.5) is 0 Å². The maximum atomic E-state index is 13.1. The topological polar surface area (TPSA) is 49.6 Å². The average Bonchev–Trinajstić information content (AvgIpc) is 2.56. The van der Waals surface area contributed by atoms with Crippen LogP contribution in [0.1, 0.15) is 71.6 Å². The van der Waals surface area contributed by atoms with Crippen molar-refractivity contribution < 1.29 is 4.79 Å². The molecule has 2 heterocycles. The zero-order valence-corrected chi connectivity index (χ0v) is 15.8. The summed E-state index contributed by atoms with van der Waals surface area (Å²) in [5, 5.41) is 0. The molecule has 0 aromatic heterocycles. The fourth-order valence-corrected chi connectivity index (χ4v) is 5.16. The van der Waals surface area contributed by atoms with Crippen LogP contribution in [0.3, 0.4) is 0 Å². The predicted octanol–water partition coefficient (Wildman–Crippen LogP) is 3.01. The lowest BCUT2D eigenvalue weighted by Crippen LogP contribution is -2.55. The Balaban J connectivity index is 1.57. The molecule has 1 aliphatic carbocycles. The number of hydrogen-bond donors (Lipinski definition) is 1. The van der Waals surface area contributed by atoms with Crippen molar-refractivity contribution in [2.24, 2.45) is 17.6 Å². The molecule has 0 aromatic carbocycles.